The lowest BCUT2D eigenvalue weighted by molar-refractivity contribution is -0.144. The van der Waals surface area contributed by atoms with E-state index in [2.05, 4.69) is 15.2 Å². The summed E-state index contributed by atoms with van der Waals surface area (Å²) >= 11 is 0. The van der Waals surface area contributed by atoms with Gasteiger partial charge in [-0.1, -0.05) is 6.92 Å². The zero-order valence-electron chi connectivity index (χ0n) is 9.36. The Kier molecular flexibility index (Phi) is 4.30. The Balaban J connectivity index is 2.28. The van der Waals surface area contributed by atoms with Crippen LogP contribution in [0.1, 0.15) is 12.6 Å². The third kappa shape index (κ3) is 3.36. The number of ether oxygens (including phenoxy) is 1. The summed E-state index contributed by atoms with van der Waals surface area (Å²) in [6.45, 7) is 3.15. The molecule has 1 aromatic rings. The van der Waals surface area contributed by atoms with E-state index in [1.165, 1.54) is 7.11 Å². The summed E-state index contributed by atoms with van der Waals surface area (Å²) < 4.78 is 6.43. The first kappa shape index (κ1) is 11.7. The van der Waals surface area contributed by atoms with Crippen LogP contribution in [0.5, 0.6) is 0 Å². The monoisotopic (exact) mass is 211 g/mol. The van der Waals surface area contributed by atoms with Crippen LogP contribution in [0.4, 0.5) is 0 Å². The number of aryl methyl sites for hydroxylation is 1. The van der Waals surface area contributed by atoms with Gasteiger partial charge in [0.05, 0.1) is 18.7 Å². The second-order valence-corrected chi connectivity index (χ2v) is 3.50. The lowest BCUT2D eigenvalue weighted by Crippen LogP contribution is -2.27. The van der Waals surface area contributed by atoms with Crippen LogP contribution in [0.2, 0.25) is 0 Å². The number of nitrogens with one attached hydrogen (secondary N) is 1. The van der Waals surface area contributed by atoms with Crippen molar-refractivity contribution in [3.05, 3.63) is 18.0 Å². The highest BCUT2D eigenvalue weighted by Crippen LogP contribution is 1.98. The molecule has 0 fully saturated rings. The fraction of sp³-hybridized carbons (Fsp3) is 0.600. The maximum Gasteiger partial charge on any atom is 0.309 e. The van der Waals surface area contributed by atoms with Gasteiger partial charge < -0.3 is 10.1 Å². The molecule has 5 nitrogen and oxygen atoms in total. The number of esters is 1. The molecule has 1 unspecified atom stereocenters. The van der Waals surface area contributed by atoms with Gasteiger partial charge in [-0.3, -0.25) is 9.48 Å². The van der Waals surface area contributed by atoms with Crippen molar-refractivity contribution in [2.45, 2.75) is 13.5 Å². The van der Waals surface area contributed by atoms with Crippen LogP contribution in [-0.2, 0) is 23.1 Å². The minimum Gasteiger partial charge on any atom is -0.469 e. The van der Waals surface area contributed by atoms with Crippen molar-refractivity contribution in [3.63, 3.8) is 0 Å². The van der Waals surface area contributed by atoms with E-state index in [-0.39, 0.29) is 11.9 Å². The standard InChI is InChI=1S/C10H17N3O2/c1-8(10(14)15-3)6-11-7-9-4-5-12-13(9)2/h4-5,8,11H,6-7H2,1-3H3. The number of carbonyl (C=O) groups excluding carboxylic acids is 1. The lowest BCUT2D eigenvalue weighted by atomic mass is 10.2. The zero-order valence-corrected chi connectivity index (χ0v) is 9.36. The molecule has 0 spiro atoms. The van der Waals surface area contributed by atoms with Crippen molar-refractivity contribution in [1.82, 2.24) is 15.1 Å². The highest BCUT2D eigenvalue weighted by atomic mass is 16.5. The molecule has 1 N–H and O–H groups in total. The third-order valence-electron chi connectivity index (χ3n) is 2.28. The molecule has 0 aliphatic rings. The average molecular weight is 211 g/mol. The minimum absolute atomic E-state index is 0.122. The molecule has 5 heteroatoms. The SMILES string of the molecule is COC(=O)C(C)CNCc1ccnn1C. The molecule has 0 aliphatic heterocycles. The topological polar surface area (TPSA) is 56.1 Å². The van der Waals surface area contributed by atoms with Gasteiger partial charge in [-0.25, -0.2) is 0 Å². The fourth-order valence-electron chi connectivity index (χ4n) is 1.28. The van der Waals surface area contributed by atoms with Gasteiger partial charge in [-0.05, 0) is 6.07 Å². The van der Waals surface area contributed by atoms with Crippen molar-refractivity contribution < 1.29 is 9.53 Å². The van der Waals surface area contributed by atoms with Gasteiger partial charge in [0.15, 0.2) is 0 Å². The van der Waals surface area contributed by atoms with E-state index in [4.69, 9.17) is 0 Å². The molecular weight excluding hydrogens is 194 g/mol. The first-order valence-corrected chi connectivity index (χ1v) is 4.90. The Labute approximate surface area is 89.4 Å². The molecule has 0 saturated carbocycles. The van der Waals surface area contributed by atoms with Crippen LogP contribution in [0.25, 0.3) is 0 Å². The number of rotatable bonds is 5. The van der Waals surface area contributed by atoms with E-state index in [9.17, 15) is 4.79 Å². The van der Waals surface area contributed by atoms with E-state index in [0.29, 0.717) is 13.1 Å². The highest BCUT2D eigenvalue weighted by Gasteiger charge is 2.12. The predicted molar refractivity (Wildman–Crippen MR) is 56.1 cm³/mol. The molecule has 0 aliphatic carbocycles. The smallest absolute Gasteiger partial charge is 0.309 e. The Bertz CT molecular complexity index is 322. The van der Waals surface area contributed by atoms with Crippen LogP contribution in [-0.4, -0.2) is 29.4 Å². The normalized spacial score (nSPS) is 12.5. The highest BCUT2D eigenvalue weighted by molar-refractivity contribution is 5.71. The van der Waals surface area contributed by atoms with E-state index in [0.717, 1.165) is 5.69 Å². The molecule has 0 radical (unpaired) electrons. The molecule has 1 rings (SSSR count). The number of hydrogen-bond acceptors (Lipinski definition) is 4. The first-order valence-electron chi connectivity index (χ1n) is 4.90. The zero-order chi connectivity index (χ0) is 11.3. The van der Waals surface area contributed by atoms with Gasteiger partial charge in [0.2, 0.25) is 0 Å². The summed E-state index contributed by atoms with van der Waals surface area (Å²) in [5, 5.41) is 7.23. The fourth-order valence-corrected chi connectivity index (χ4v) is 1.28. The van der Waals surface area contributed by atoms with Crippen LogP contribution in [0, 0.1) is 5.92 Å². The Morgan fingerprint density at radius 3 is 3.00 bits per heavy atom. The summed E-state index contributed by atoms with van der Waals surface area (Å²) in [7, 11) is 3.29. The third-order valence-corrected chi connectivity index (χ3v) is 2.28. The molecular formula is C10H17N3O2. The summed E-state index contributed by atoms with van der Waals surface area (Å²) in [4.78, 5) is 11.1. The van der Waals surface area contributed by atoms with Gasteiger partial charge in [0.25, 0.3) is 0 Å². The van der Waals surface area contributed by atoms with E-state index < -0.39 is 0 Å². The van der Waals surface area contributed by atoms with Crippen molar-refractivity contribution in [2.75, 3.05) is 13.7 Å². The number of carbonyl (C=O) groups is 1. The van der Waals surface area contributed by atoms with Gasteiger partial charge in [-0.15, -0.1) is 0 Å². The second kappa shape index (κ2) is 5.50. The number of aromatic nitrogens is 2. The van der Waals surface area contributed by atoms with Gasteiger partial charge in [-0.2, -0.15) is 5.10 Å². The van der Waals surface area contributed by atoms with Gasteiger partial charge in [0, 0.05) is 26.3 Å². The molecule has 1 aromatic heterocycles. The largest absolute Gasteiger partial charge is 0.469 e. The van der Waals surface area contributed by atoms with E-state index >= 15 is 0 Å². The average Bonchev–Trinajstić information content (AvgIpc) is 2.63. The van der Waals surface area contributed by atoms with Crippen molar-refractivity contribution in [3.8, 4) is 0 Å². The Morgan fingerprint density at radius 2 is 2.47 bits per heavy atom. The Morgan fingerprint density at radius 1 is 1.73 bits per heavy atom. The molecule has 0 saturated heterocycles. The maximum atomic E-state index is 11.1. The second-order valence-electron chi connectivity index (χ2n) is 3.50. The molecule has 1 heterocycles. The van der Waals surface area contributed by atoms with Gasteiger partial charge >= 0.3 is 5.97 Å². The summed E-state index contributed by atoms with van der Waals surface area (Å²) in [6.07, 6.45) is 1.75. The Hall–Kier alpha value is -1.36. The number of nitrogens with zero attached hydrogens (tertiary/aromatic N) is 2. The van der Waals surface area contributed by atoms with Crippen molar-refractivity contribution in [2.24, 2.45) is 13.0 Å². The summed E-state index contributed by atoms with van der Waals surface area (Å²) in [5.74, 6) is -0.310. The van der Waals surface area contributed by atoms with E-state index in [1.54, 1.807) is 10.9 Å². The van der Waals surface area contributed by atoms with Crippen LogP contribution in [0.15, 0.2) is 12.3 Å². The maximum absolute atomic E-state index is 11.1. The summed E-state index contributed by atoms with van der Waals surface area (Å²) in [5.41, 5.74) is 1.09. The van der Waals surface area contributed by atoms with Crippen molar-refractivity contribution >= 4 is 5.97 Å². The molecule has 84 valence electrons. The lowest BCUT2D eigenvalue weighted by Gasteiger charge is -2.10. The van der Waals surface area contributed by atoms with Crippen LogP contribution < -0.4 is 5.32 Å². The van der Waals surface area contributed by atoms with Gasteiger partial charge in [0.1, 0.15) is 0 Å². The van der Waals surface area contributed by atoms with Crippen LogP contribution in [0.3, 0.4) is 0 Å². The first-order chi connectivity index (χ1) is 7.15. The molecule has 0 amide bonds. The van der Waals surface area contributed by atoms with E-state index in [1.807, 2.05) is 20.0 Å². The van der Waals surface area contributed by atoms with Crippen LogP contribution >= 0.6 is 0 Å². The molecule has 0 bridgehead atoms. The minimum atomic E-state index is -0.187. The van der Waals surface area contributed by atoms with Crippen molar-refractivity contribution in [1.29, 1.82) is 0 Å². The number of methoxy groups -OCH3 is 1. The number of hydrogen-bond donors (Lipinski definition) is 1. The molecule has 15 heavy (non-hydrogen) atoms. The predicted octanol–water partition coefficient (Wildman–Crippen LogP) is 0.319. The summed E-state index contributed by atoms with van der Waals surface area (Å²) in [6, 6.07) is 1.94. The molecule has 0 aromatic carbocycles. The molecule has 1 atom stereocenters. The quantitative estimate of drug-likeness (QED) is 0.713.